The molecule has 9 heteroatoms. The van der Waals surface area contributed by atoms with E-state index < -0.39 is 4.92 Å². The maximum atomic E-state index is 12.0. The van der Waals surface area contributed by atoms with E-state index in [9.17, 15) is 14.9 Å². The molecule has 0 bridgehead atoms. The Labute approximate surface area is 201 Å². The SMILES string of the molecule is O=C(CCc1ccccc1)N/N=C\c1cc(Br)c(OCc2ccc([N+](=O)[O-])cc2)c(Br)c1. The number of hydrogen-bond donors (Lipinski definition) is 1. The van der Waals surface area contributed by atoms with Gasteiger partial charge < -0.3 is 4.74 Å². The van der Waals surface area contributed by atoms with Crippen LogP contribution in [0.2, 0.25) is 0 Å². The predicted octanol–water partition coefficient (Wildman–Crippen LogP) is 5.78. The fourth-order valence-electron chi connectivity index (χ4n) is 2.80. The standard InChI is InChI=1S/C23H19Br2N3O4/c24-20-12-18(14-26-27-22(29)11-8-16-4-2-1-3-5-16)13-21(25)23(20)32-15-17-6-9-19(10-7-17)28(30)31/h1-7,9-10,12-14H,8,11,15H2,(H,27,29)/b26-14-. The molecule has 3 aromatic carbocycles. The number of benzene rings is 3. The van der Waals surface area contributed by atoms with Crippen LogP contribution in [0, 0.1) is 10.1 Å². The topological polar surface area (TPSA) is 93.8 Å². The van der Waals surface area contributed by atoms with Gasteiger partial charge in [0.05, 0.1) is 20.1 Å². The first kappa shape index (κ1) is 23.6. The smallest absolute Gasteiger partial charge is 0.269 e. The first-order chi connectivity index (χ1) is 15.4. The summed E-state index contributed by atoms with van der Waals surface area (Å²) < 4.78 is 7.25. The lowest BCUT2D eigenvalue weighted by molar-refractivity contribution is -0.384. The van der Waals surface area contributed by atoms with Crippen molar-refractivity contribution in [2.75, 3.05) is 0 Å². The van der Waals surface area contributed by atoms with Crippen molar-refractivity contribution < 1.29 is 14.5 Å². The summed E-state index contributed by atoms with van der Waals surface area (Å²) in [6.07, 6.45) is 2.56. The predicted molar refractivity (Wildman–Crippen MR) is 130 cm³/mol. The second-order valence-corrected chi connectivity index (χ2v) is 8.51. The summed E-state index contributed by atoms with van der Waals surface area (Å²) in [5.41, 5.74) is 5.23. The fraction of sp³-hybridized carbons (Fsp3) is 0.130. The summed E-state index contributed by atoms with van der Waals surface area (Å²) in [4.78, 5) is 22.3. The van der Waals surface area contributed by atoms with Crippen molar-refractivity contribution in [3.05, 3.63) is 102 Å². The highest BCUT2D eigenvalue weighted by atomic mass is 79.9. The number of hydrogen-bond acceptors (Lipinski definition) is 5. The summed E-state index contributed by atoms with van der Waals surface area (Å²) in [5, 5.41) is 14.8. The number of aryl methyl sites for hydroxylation is 1. The Kier molecular flexibility index (Phi) is 8.52. The molecule has 0 aliphatic carbocycles. The summed E-state index contributed by atoms with van der Waals surface area (Å²) in [6, 6.07) is 19.6. The minimum Gasteiger partial charge on any atom is -0.487 e. The van der Waals surface area contributed by atoms with Crippen molar-refractivity contribution in [3.63, 3.8) is 0 Å². The van der Waals surface area contributed by atoms with E-state index in [1.807, 2.05) is 42.5 Å². The third kappa shape index (κ3) is 7.00. The van der Waals surface area contributed by atoms with Crippen LogP contribution in [0.1, 0.15) is 23.1 Å². The zero-order valence-electron chi connectivity index (χ0n) is 16.8. The van der Waals surface area contributed by atoms with Crippen molar-refractivity contribution in [2.24, 2.45) is 5.10 Å². The number of ether oxygens (including phenoxy) is 1. The molecule has 3 rings (SSSR count). The van der Waals surface area contributed by atoms with Crippen molar-refractivity contribution in [3.8, 4) is 5.75 Å². The molecule has 0 aromatic heterocycles. The number of nitro groups is 1. The maximum absolute atomic E-state index is 12.0. The van der Waals surface area contributed by atoms with Crippen LogP contribution in [-0.2, 0) is 17.8 Å². The van der Waals surface area contributed by atoms with Crippen LogP contribution in [0.15, 0.2) is 80.8 Å². The number of nitrogens with one attached hydrogen (secondary N) is 1. The summed E-state index contributed by atoms with van der Waals surface area (Å²) in [7, 11) is 0. The number of carbonyl (C=O) groups excluding carboxylic acids is 1. The molecule has 0 fully saturated rings. The van der Waals surface area contributed by atoms with Gasteiger partial charge >= 0.3 is 0 Å². The average molecular weight is 561 g/mol. The number of nitrogens with zero attached hydrogens (tertiary/aromatic N) is 2. The van der Waals surface area contributed by atoms with E-state index in [-0.39, 0.29) is 18.2 Å². The summed E-state index contributed by atoms with van der Waals surface area (Å²) in [5.74, 6) is 0.429. The van der Waals surface area contributed by atoms with Gasteiger partial charge in [0.15, 0.2) is 0 Å². The van der Waals surface area contributed by atoms with Crippen LogP contribution in [0.25, 0.3) is 0 Å². The first-order valence-corrected chi connectivity index (χ1v) is 11.2. The minimum atomic E-state index is -0.441. The molecule has 0 saturated heterocycles. The van der Waals surface area contributed by atoms with Gasteiger partial charge in [0.1, 0.15) is 12.4 Å². The van der Waals surface area contributed by atoms with E-state index in [2.05, 4.69) is 42.4 Å². The fourth-order valence-corrected chi connectivity index (χ4v) is 4.25. The molecule has 164 valence electrons. The second kappa shape index (κ2) is 11.5. The molecule has 0 radical (unpaired) electrons. The molecular formula is C23H19Br2N3O4. The van der Waals surface area contributed by atoms with Crippen LogP contribution in [0.3, 0.4) is 0 Å². The zero-order valence-corrected chi connectivity index (χ0v) is 20.0. The largest absolute Gasteiger partial charge is 0.487 e. The van der Waals surface area contributed by atoms with Gasteiger partial charge in [-0.3, -0.25) is 14.9 Å². The van der Waals surface area contributed by atoms with Crippen molar-refractivity contribution in [2.45, 2.75) is 19.4 Å². The van der Waals surface area contributed by atoms with Crippen LogP contribution in [0.5, 0.6) is 5.75 Å². The van der Waals surface area contributed by atoms with Crippen molar-refractivity contribution in [1.29, 1.82) is 0 Å². The maximum Gasteiger partial charge on any atom is 0.269 e. The van der Waals surface area contributed by atoms with E-state index in [1.165, 1.54) is 12.1 Å². The van der Waals surface area contributed by atoms with Gasteiger partial charge in [-0.25, -0.2) is 5.43 Å². The molecule has 0 aliphatic rings. The Bertz CT molecular complexity index is 1100. The molecule has 1 N–H and O–H groups in total. The first-order valence-electron chi connectivity index (χ1n) is 9.63. The molecular weight excluding hydrogens is 542 g/mol. The van der Waals surface area contributed by atoms with Gasteiger partial charge in [0, 0.05) is 18.6 Å². The minimum absolute atomic E-state index is 0.0342. The Balaban J connectivity index is 1.54. The Morgan fingerprint density at radius 2 is 1.69 bits per heavy atom. The Morgan fingerprint density at radius 3 is 2.31 bits per heavy atom. The lowest BCUT2D eigenvalue weighted by atomic mass is 10.1. The second-order valence-electron chi connectivity index (χ2n) is 6.80. The van der Waals surface area contributed by atoms with E-state index in [0.29, 0.717) is 27.5 Å². The number of amides is 1. The number of non-ortho nitro benzene ring substituents is 1. The highest BCUT2D eigenvalue weighted by Crippen LogP contribution is 2.35. The average Bonchev–Trinajstić information content (AvgIpc) is 2.78. The number of hydrazone groups is 1. The normalized spacial score (nSPS) is 10.8. The molecule has 3 aromatic rings. The molecule has 1 amide bonds. The van der Waals surface area contributed by atoms with E-state index in [1.54, 1.807) is 18.3 Å². The summed E-state index contributed by atoms with van der Waals surface area (Å²) in [6.45, 7) is 0.250. The third-order valence-corrected chi connectivity index (χ3v) is 5.62. The van der Waals surface area contributed by atoms with Crippen LogP contribution < -0.4 is 10.2 Å². The van der Waals surface area contributed by atoms with Crippen LogP contribution in [0.4, 0.5) is 5.69 Å². The molecule has 0 heterocycles. The van der Waals surface area contributed by atoms with Crippen molar-refractivity contribution >= 4 is 49.7 Å². The molecule has 0 atom stereocenters. The van der Waals surface area contributed by atoms with E-state index >= 15 is 0 Å². The highest BCUT2D eigenvalue weighted by Gasteiger charge is 2.10. The number of nitro benzene ring substituents is 1. The molecule has 7 nitrogen and oxygen atoms in total. The monoisotopic (exact) mass is 559 g/mol. The molecule has 0 aliphatic heterocycles. The van der Waals surface area contributed by atoms with Crippen LogP contribution >= 0.6 is 31.9 Å². The Hall–Kier alpha value is -3.04. The summed E-state index contributed by atoms with van der Waals surface area (Å²) >= 11 is 6.96. The van der Waals surface area contributed by atoms with Gasteiger partial charge in [-0.05, 0) is 79.2 Å². The van der Waals surface area contributed by atoms with Gasteiger partial charge in [0.25, 0.3) is 5.69 Å². The number of halogens is 2. The Morgan fingerprint density at radius 1 is 1.03 bits per heavy atom. The van der Waals surface area contributed by atoms with Gasteiger partial charge in [0.2, 0.25) is 5.91 Å². The van der Waals surface area contributed by atoms with E-state index in [4.69, 9.17) is 4.74 Å². The molecule has 0 unspecified atom stereocenters. The lowest BCUT2D eigenvalue weighted by Gasteiger charge is -2.11. The van der Waals surface area contributed by atoms with Crippen molar-refractivity contribution in [1.82, 2.24) is 5.43 Å². The van der Waals surface area contributed by atoms with E-state index in [0.717, 1.165) is 16.7 Å². The van der Waals surface area contributed by atoms with Crippen LogP contribution in [-0.4, -0.2) is 17.0 Å². The number of carbonyl (C=O) groups is 1. The zero-order chi connectivity index (χ0) is 22.9. The third-order valence-electron chi connectivity index (χ3n) is 4.44. The lowest BCUT2D eigenvalue weighted by Crippen LogP contribution is -2.17. The molecule has 0 saturated carbocycles. The number of rotatable bonds is 9. The quantitative estimate of drug-likeness (QED) is 0.204. The van der Waals surface area contributed by atoms with Gasteiger partial charge in [-0.2, -0.15) is 5.10 Å². The molecule has 32 heavy (non-hydrogen) atoms. The van der Waals surface area contributed by atoms with Gasteiger partial charge in [-0.15, -0.1) is 0 Å². The van der Waals surface area contributed by atoms with Gasteiger partial charge in [-0.1, -0.05) is 30.3 Å². The highest BCUT2D eigenvalue weighted by molar-refractivity contribution is 9.11. The molecule has 0 spiro atoms.